The fraction of sp³-hybridized carbons (Fsp3) is 0.250. The molecular weight excluding hydrogens is 424 g/mol. The quantitative estimate of drug-likeness (QED) is 0.445. The molecule has 10 heteroatoms. The van der Waals surface area contributed by atoms with Crippen molar-refractivity contribution in [2.24, 2.45) is 7.05 Å². The molecule has 0 aromatic carbocycles. The van der Waals surface area contributed by atoms with Crippen molar-refractivity contribution in [2.75, 3.05) is 13.1 Å². The Balaban J connectivity index is 1.41. The molecule has 0 radical (unpaired) electrons. The number of ketones is 1. The molecule has 1 saturated heterocycles. The van der Waals surface area contributed by atoms with Gasteiger partial charge in [0, 0.05) is 32.5 Å². The van der Waals surface area contributed by atoms with E-state index < -0.39 is 0 Å². The summed E-state index contributed by atoms with van der Waals surface area (Å²) in [6.45, 7) is 1.44. The molecular formula is C20H17ClN6O2S. The fourth-order valence-corrected chi connectivity index (χ4v) is 4.44. The smallest absolute Gasteiger partial charge is 0.257 e. The summed E-state index contributed by atoms with van der Waals surface area (Å²) in [5.41, 5.74) is 2.01. The highest BCUT2D eigenvalue weighted by Gasteiger charge is 2.28. The van der Waals surface area contributed by atoms with Gasteiger partial charge in [-0.3, -0.25) is 18.7 Å². The average Bonchev–Trinajstić information content (AvgIpc) is 3.37. The number of rotatable bonds is 5. The van der Waals surface area contributed by atoms with E-state index in [4.69, 9.17) is 11.6 Å². The summed E-state index contributed by atoms with van der Waals surface area (Å²) in [7, 11) is 1.67. The Hall–Kier alpha value is -3.04. The molecule has 1 amide bonds. The maximum absolute atomic E-state index is 13.0. The molecule has 8 nitrogen and oxygen atoms in total. The number of fused-ring (bicyclic) bond motifs is 1. The van der Waals surface area contributed by atoms with Gasteiger partial charge in [0.05, 0.1) is 33.1 Å². The lowest BCUT2D eigenvalue weighted by atomic mass is 10.1. The van der Waals surface area contributed by atoms with Crippen LogP contribution in [0.2, 0.25) is 4.34 Å². The number of carbonyl (C=O) groups is 2. The maximum Gasteiger partial charge on any atom is 0.257 e. The van der Waals surface area contributed by atoms with Crippen LogP contribution >= 0.6 is 22.9 Å². The van der Waals surface area contributed by atoms with Crippen molar-refractivity contribution in [3.05, 3.63) is 58.1 Å². The molecule has 152 valence electrons. The van der Waals surface area contributed by atoms with Gasteiger partial charge in [-0.25, -0.2) is 9.97 Å². The second-order valence-electron chi connectivity index (χ2n) is 7.13. The minimum atomic E-state index is -0.201. The molecule has 5 rings (SSSR count). The molecule has 0 spiro atoms. The van der Waals surface area contributed by atoms with Gasteiger partial charge in [-0.05, 0) is 24.6 Å². The van der Waals surface area contributed by atoms with Gasteiger partial charge in [0.2, 0.25) is 5.78 Å². The Kier molecular flexibility index (Phi) is 4.63. The number of aryl methyl sites for hydroxylation is 1. The summed E-state index contributed by atoms with van der Waals surface area (Å²) in [6.07, 6.45) is 6.22. The molecule has 0 atom stereocenters. The minimum absolute atomic E-state index is 0.0589. The van der Waals surface area contributed by atoms with E-state index in [1.807, 2.05) is 24.5 Å². The third-order valence-electron chi connectivity index (χ3n) is 5.13. The molecule has 5 heterocycles. The lowest BCUT2D eigenvalue weighted by molar-refractivity contribution is 0.0647. The molecule has 1 aliphatic heterocycles. The number of nitrogens with zero attached hydrogens (tertiary/aromatic N) is 6. The number of imidazole rings is 1. The number of aromatic nitrogens is 5. The van der Waals surface area contributed by atoms with Gasteiger partial charge in [0.25, 0.3) is 5.91 Å². The Morgan fingerprint density at radius 3 is 2.73 bits per heavy atom. The SMILES string of the molecule is Cn1ncc(C(=O)N2CCC2)c1C(=O)Cc1ccn2cc(-c3ccc(Cl)s3)nc2n1. The van der Waals surface area contributed by atoms with Gasteiger partial charge in [0.1, 0.15) is 11.4 Å². The van der Waals surface area contributed by atoms with Gasteiger partial charge >= 0.3 is 0 Å². The lowest BCUT2D eigenvalue weighted by Gasteiger charge is -2.30. The van der Waals surface area contributed by atoms with Crippen LogP contribution in [-0.4, -0.2) is 53.8 Å². The third kappa shape index (κ3) is 3.29. The molecule has 4 aromatic heterocycles. The summed E-state index contributed by atoms with van der Waals surface area (Å²) in [5.74, 6) is 0.155. The van der Waals surface area contributed by atoms with Crippen molar-refractivity contribution in [1.29, 1.82) is 0 Å². The number of hydrogen-bond donors (Lipinski definition) is 0. The zero-order valence-electron chi connectivity index (χ0n) is 16.1. The second kappa shape index (κ2) is 7.33. The fourth-order valence-electron chi connectivity index (χ4n) is 3.44. The van der Waals surface area contributed by atoms with Crippen molar-refractivity contribution in [2.45, 2.75) is 12.8 Å². The normalized spacial score (nSPS) is 13.6. The molecule has 4 aromatic rings. The van der Waals surface area contributed by atoms with E-state index in [1.54, 1.807) is 22.4 Å². The van der Waals surface area contributed by atoms with Crippen LogP contribution < -0.4 is 0 Å². The van der Waals surface area contributed by atoms with E-state index in [1.165, 1.54) is 22.2 Å². The molecule has 30 heavy (non-hydrogen) atoms. The van der Waals surface area contributed by atoms with Crippen LogP contribution in [0.4, 0.5) is 0 Å². The summed E-state index contributed by atoms with van der Waals surface area (Å²) in [5, 5.41) is 4.13. The molecule has 0 unspecified atom stereocenters. The number of Topliss-reactive ketones (excluding diaryl/α,β-unsaturated/α-hetero) is 1. The summed E-state index contributed by atoms with van der Waals surface area (Å²) in [6, 6.07) is 5.53. The summed E-state index contributed by atoms with van der Waals surface area (Å²) >= 11 is 7.46. The highest BCUT2D eigenvalue weighted by molar-refractivity contribution is 7.19. The number of carbonyl (C=O) groups excluding carboxylic acids is 2. The van der Waals surface area contributed by atoms with Crippen molar-refractivity contribution in [3.63, 3.8) is 0 Å². The number of thiophene rings is 1. The third-order valence-corrected chi connectivity index (χ3v) is 6.38. The number of hydrogen-bond acceptors (Lipinski definition) is 6. The largest absolute Gasteiger partial charge is 0.338 e. The Bertz CT molecular complexity index is 1290. The standard InChI is InChI=1S/C20H17ClN6O2S/c1-25-18(13(10-22-25)19(29)26-6-2-7-26)15(28)9-12-5-8-27-11-14(24-20(27)23-12)16-3-4-17(21)30-16/h3-5,8,10-11H,2,6-7,9H2,1H3. The van der Waals surface area contributed by atoms with Gasteiger partial charge in [-0.2, -0.15) is 5.10 Å². The molecule has 0 N–H and O–H groups in total. The lowest BCUT2D eigenvalue weighted by Crippen LogP contribution is -2.42. The Labute approximate surface area is 180 Å². The molecule has 0 bridgehead atoms. The molecule has 1 aliphatic rings. The van der Waals surface area contributed by atoms with Crippen LogP contribution in [0.25, 0.3) is 16.3 Å². The van der Waals surface area contributed by atoms with E-state index in [9.17, 15) is 9.59 Å². The van der Waals surface area contributed by atoms with Crippen LogP contribution in [-0.2, 0) is 13.5 Å². The van der Waals surface area contributed by atoms with Crippen molar-refractivity contribution >= 4 is 40.4 Å². The zero-order valence-corrected chi connectivity index (χ0v) is 17.7. The highest BCUT2D eigenvalue weighted by atomic mass is 35.5. The van der Waals surface area contributed by atoms with Crippen molar-refractivity contribution in [1.82, 2.24) is 29.0 Å². The molecule has 0 aliphatic carbocycles. The van der Waals surface area contributed by atoms with Gasteiger partial charge in [-0.1, -0.05) is 11.6 Å². The summed E-state index contributed by atoms with van der Waals surface area (Å²) in [4.78, 5) is 37.4. The minimum Gasteiger partial charge on any atom is -0.338 e. The van der Waals surface area contributed by atoms with Crippen LogP contribution in [0.1, 0.15) is 33.0 Å². The Morgan fingerprint density at radius 1 is 1.20 bits per heavy atom. The molecule has 1 fully saturated rings. The van der Waals surface area contributed by atoms with Crippen LogP contribution in [0, 0.1) is 0 Å². The Morgan fingerprint density at radius 2 is 2.03 bits per heavy atom. The van der Waals surface area contributed by atoms with Crippen LogP contribution in [0.3, 0.4) is 0 Å². The average molecular weight is 441 g/mol. The van der Waals surface area contributed by atoms with Crippen LogP contribution in [0.15, 0.2) is 36.8 Å². The van der Waals surface area contributed by atoms with Crippen molar-refractivity contribution in [3.8, 4) is 10.6 Å². The predicted molar refractivity (Wildman–Crippen MR) is 113 cm³/mol. The van der Waals surface area contributed by atoms with E-state index in [2.05, 4.69) is 15.1 Å². The number of halogens is 1. The first kappa shape index (κ1) is 19.0. The number of likely N-dealkylation sites (tertiary alicyclic amines) is 1. The zero-order chi connectivity index (χ0) is 20.8. The predicted octanol–water partition coefficient (Wildman–Crippen LogP) is 3.12. The summed E-state index contributed by atoms with van der Waals surface area (Å²) < 4.78 is 3.96. The maximum atomic E-state index is 13.0. The van der Waals surface area contributed by atoms with Gasteiger partial charge in [0.15, 0.2) is 5.78 Å². The van der Waals surface area contributed by atoms with Gasteiger partial charge < -0.3 is 4.90 Å². The van der Waals surface area contributed by atoms with Gasteiger partial charge in [-0.15, -0.1) is 11.3 Å². The van der Waals surface area contributed by atoms with Crippen molar-refractivity contribution < 1.29 is 9.59 Å². The molecule has 0 saturated carbocycles. The van der Waals surface area contributed by atoms with E-state index >= 15 is 0 Å². The first-order valence-electron chi connectivity index (χ1n) is 9.44. The first-order valence-corrected chi connectivity index (χ1v) is 10.6. The van der Waals surface area contributed by atoms with E-state index in [0.29, 0.717) is 27.1 Å². The number of amides is 1. The highest BCUT2D eigenvalue weighted by Crippen LogP contribution is 2.30. The second-order valence-corrected chi connectivity index (χ2v) is 8.85. The topological polar surface area (TPSA) is 85.4 Å². The first-order chi connectivity index (χ1) is 14.5. The monoisotopic (exact) mass is 440 g/mol. The van der Waals surface area contributed by atoms with E-state index in [0.717, 1.165) is 30.1 Å². The van der Waals surface area contributed by atoms with E-state index in [-0.39, 0.29) is 18.1 Å². The van der Waals surface area contributed by atoms with Crippen LogP contribution in [0.5, 0.6) is 0 Å².